The molecule has 2 aromatic rings. The minimum Gasteiger partial charge on any atom is -0.330 e. The third kappa shape index (κ3) is 2.56. The fourth-order valence-corrected chi connectivity index (χ4v) is 4.02. The molecule has 0 unspecified atom stereocenters. The Morgan fingerprint density at radius 3 is 2.87 bits per heavy atom. The fraction of sp³-hybridized carbons (Fsp3) is 0.111. The third-order valence-electron chi connectivity index (χ3n) is 1.84. The van der Waals surface area contributed by atoms with Crippen LogP contribution in [0.5, 0.6) is 0 Å². The van der Waals surface area contributed by atoms with Crippen molar-refractivity contribution in [3.63, 3.8) is 0 Å². The summed E-state index contributed by atoms with van der Waals surface area (Å²) in [6.45, 7) is 0.321. The van der Waals surface area contributed by atoms with Crippen LogP contribution in [-0.2, 0) is 6.54 Å². The van der Waals surface area contributed by atoms with E-state index in [2.05, 4.69) is 36.8 Å². The lowest BCUT2D eigenvalue weighted by molar-refractivity contribution is 0.0972. The molecule has 78 valence electrons. The Balaban J connectivity index is 2.18. The van der Waals surface area contributed by atoms with Crippen molar-refractivity contribution in [3.8, 4) is 0 Å². The first-order chi connectivity index (χ1) is 7.16. The standard InChI is InChI=1S/C9H6Br2N2OS/c10-8-3-6(9(11)15-8)7(14)4-13-2-1-12-5-13/h1-3,5H,4H2. The second kappa shape index (κ2) is 4.59. The molecule has 2 aromatic heterocycles. The molecule has 0 atom stereocenters. The maximum atomic E-state index is 11.9. The van der Waals surface area contributed by atoms with Gasteiger partial charge < -0.3 is 4.57 Å². The van der Waals surface area contributed by atoms with Gasteiger partial charge in [-0.2, -0.15) is 0 Å². The average molecular weight is 350 g/mol. The topological polar surface area (TPSA) is 34.9 Å². The number of ketones is 1. The highest BCUT2D eigenvalue weighted by Crippen LogP contribution is 2.32. The fourth-order valence-electron chi connectivity index (χ4n) is 1.16. The van der Waals surface area contributed by atoms with Crippen LogP contribution in [0.2, 0.25) is 0 Å². The van der Waals surface area contributed by atoms with E-state index in [9.17, 15) is 4.79 Å². The molecule has 0 saturated carbocycles. The summed E-state index contributed by atoms with van der Waals surface area (Å²) in [4.78, 5) is 15.7. The number of halogens is 2. The number of hydrogen-bond donors (Lipinski definition) is 0. The number of aromatic nitrogens is 2. The SMILES string of the molecule is O=C(Cn1ccnc1)c1cc(Br)sc1Br. The quantitative estimate of drug-likeness (QED) is 0.796. The maximum Gasteiger partial charge on any atom is 0.184 e. The van der Waals surface area contributed by atoms with Crippen LogP contribution in [0.3, 0.4) is 0 Å². The van der Waals surface area contributed by atoms with Crippen LogP contribution in [0.4, 0.5) is 0 Å². The molecule has 0 amide bonds. The number of carbonyl (C=O) groups excluding carboxylic acids is 1. The summed E-state index contributed by atoms with van der Waals surface area (Å²) >= 11 is 8.21. The summed E-state index contributed by atoms with van der Waals surface area (Å²) in [5.41, 5.74) is 0.709. The molecule has 0 aliphatic heterocycles. The maximum absolute atomic E-state index is 11.9. The van der Waals surface area contributed by atoms with E-state index >= 15 is 0 Å². The number of imidazole rings is 1. The van der Waals surface area contributed by atoms with Gasteiger partial charge in [0.25, 0.3) is 0 Å². The number of hydrogen-bond acceptors (Lipinski definition) is 3. The Bertz CT molecular complexity index is 478. The molecule has 0 radical (unpaired) electrons. The van der Waals surface area contributed by atoms with Gasteiger partial charge in [-0.15, -0.1) is 11.3 Å². The lowest BCUT2D eigenvalue weighted by Gasteiger charge is -1.99. The first kappa shape index (κ1) is 11.0. The van der Waals surface area contributed by atoms with E-state index < -0.39 is 0 Å². The van der Waals surface area contributed by atoms with Crippen LogP contribution in [-0.4, -0.2) is 15.3 Å². The summed E-state index contributed by atoms with van der Waals surface area (Å²) in [6, 6.07) is 1.83. The normalized spacial score (nSPS) is 10.5. The van der Waals surface area contributed by atoms with Crippen LogP contribution in [0.1, 0.15) is 10.4 Å². The van der Waals surface area contributed by atoms with Crippen molar-refractivity contribution in [1.29, 1.82) is 0 Å². The predicted molar refractivity (Wildman–Crippen MR) is 66.3 cm³/mol. The van der Waals surface area contributed by atoms with Crippen LogP contribution in [0, 0.1) is 0 Å². The average Bonchev–Trinajstić information content (AvgIpc) is 2.75. The first-order valence-electron chi connectivity index (χ1n) is 4.10. The molecule has 0 aliphatic rings. The van der Waals surface area contributed by atoms with E-state index in [1.807, 2.05) is 6.07 Å². The molecule has 0 fully saturated rings. The minimum atomic E-state index is 0.0711. The second-order valence-electron chi connectivity index (χ2n) is 2.90. The molecule has 2 heterocycles. The molecule has 0 aromatic carbocycles. The van der Waals surface area contributed by atoms with Gasteiger partial charge in [-0.1, -0.05) is 0 Å². The zero-order valence-corrected chi connectivity index (χ0v) is 11.5. The van der Waals surface area contributed by atoms with E-state index in [-0.39, 0.29) is 5.78 Å². The first-order valence-corrected chi connectivity index (χ1v) is 6.51. The van der Waals surface area contributed by atoms with Crippen molar-refractivity contribution >= 4 is 49.0 Å². The van der Waals surface area contributed by atoms with Crippen molar-refractivity contribution in [1.82, 2.24) is 9.55 Å². The molecule has 3 nitrogen and oxygen atoms in total. The summed E-state index contributed by atoms with van der Waals surface area (Å²) < 4.78 is 3.56. The van der Waals surface area contributed by atoms with Gasteiger partial charge in [0, 0.05) is 18.0 Å². The van der Waals surface area contributed by atoms with Gasteiger partial charge in [0.1, 0.15) is 0 Å². The highest BCUT2D eigenvalue weighted by Gasteiger charge is 2.13. The van der Waals surface area contributed by atoms with Crippen molar-refractivity contribution in [2.45, 2.75) is 6.54 Å². The Labute approximate surface area is 107 Å². The summed E-state index contributed by atoms with van der Waals surface area (Å²) in [5.74, 6) is 0.0711. The highest BCUT2D eigenvalue weighted by atomic mass is 79.9. The summed E-state index contributed by atoms with van der Waals surface area (Å²) in [5, 5.41) is 0. The molecule has 0 aliphatic carbocycles. The van der Waals surface area contributed by atoms with Crippen molar-refractivity contribution < 1.29 is 4.79 Å². The van der Waals surface area contributed by atoms with E-state index in [4.69, 9.17) is 0 Å². The van der Waals surface area contributed by atoms with Gasteiger partial charge in [-0.3, -0.25) is 4.79 Å². The predicted octanol–water partition coefficient (Wildman–Crippen LogP) is 3.35. The van der Waals surface area contributed by atoms with Gasteiger partial charge in [-0.05, 0) is 37.9 Å². The minimum absolute atomic E-state index is 0.0711. The monoisotopic (exact) mass is 348 g/mol. The van der Waals surface area contributed by atoms with Crippen molar-refractivity contribution in [3.05, 3.63) is 37.9 Å². The molecular weight excluding hydrogens is 344 g/mol. The summed E-state index contributed by atoms with van der Waals surface area (Å²) in [6.07, 6.45) is 5.06. The lowest BCUT2D eigenvalue weighted by atomic mass is 10.2. The molecule has 0 saturated heterocycles. The van der Waals surface area contributed by atoms with Crippen LogP contribution >= 0.6 is 43.2 Å². The van der Waals surface area contributed by atoms with Gasteiger partial charge in [0.2, 0.25) is 0 Å². The Kier molecular flexibility index (Phi) is 3.38. The van der Waals surface area contributed by atoms with Crippen LogP contribution < -0.4 is 0 Å². The zero-order valence-electron chi connectivity index (χ0n) is 7.48. The number of carbonyl (C=O) groups is 1. The molecule has 2 rings (SSSR count). The van der Waals surface area contributed by atoms with Gasteiger partial charge >= 0.3 is 0 Å². The molecule has 0 N–H and O–H groups in total. The Morgan fingerprint density at radius 2 is 2.33 bits per heavy atom. The lowest BCUT2D eigenvalue weighted by Crippen LogP contribution is -2.08. The van der Waals surface area contributed by atoms with Gasteiger partial charge in [0.05, 0.1) is 20.4 Å². The van der Waals surface area contributed by atoms with E-state index in [1.54, 1.807) is 23.3 Å². The molecule has 0 bridgehead atoms. The third-order valence-corrected chi connectivity index (χ3v) is 4.18. The summed E-state index contributed by atoms with van der Waals surface area (Å²) in [7, 11) is 0. The second-order valence-corrected chi connectivity index (χ2v) is 6.65. The smallest absolute Gasteiger partial charge is 0.184 e. The zero-order chi connectivity index (χ0) is 10.8. The Hall–Kier alpha value is -0.460. The molecule has 6 heteroatoms. The van der Waals surface area contributed by atoms with E-state index in [0.29, 0.717) is 12.1 Å². The van der Waals surface area contributed by atoms with Crippen LogP contribution in [0.25, 0.3) is 0 Å². The van der Waals surface area contributed by atoms with Crippen LogP contribution in [0.15, 0.2) is 32.4 Å². The number of Topliss-reactive ketones (excluding diaryl/α,β-unsaturated/α-hetero) is 1. The number of nitrogens with zero attached hydrogens (tertiary/aromatic N) is 2. The Morgan fingerprint density at radius 1 is 1.53 bits per heavy atom. The molecule has 15 heavy (non-hydrogen) atoms. The van der Waals surface area contributed by atoms with E-state index in [0.717, 1.165) is 7.57 Å². The highest BCUT2D eigenvalue weighted by molar-refractivity contribution is 9.12. The van der Waals surface area contributed by atoms with E-state index in [1.165, 1.54) is 11.3 Å². The van der Waals surface area contributed by atoms with Gasteiger partial charge in [0.15, 0.2) is 5.78 Å². The number of rotatable bonds is 3. The number of thiophene rings is 1. The molecule has 0 spiro atoms. The van der Waals surface area contributed by atoms with Crippen molar-refractivity contribution in [2.24, 2.45) is 0 Å². The largest absolute Gasteiger partial charge is 0.330 e. The van der Waals surface area contributed by atoms with Crippen molar-refractivity contribution in [2.75, 3.05) is 0 Å². The van der Waals surface area contributed by atoms with Gasteiger partial charge in [-0.25, -0.2) is 4.98 Å². The molecular formula is C9H6Br2N2OS.